The van der Waals surface area contributed by atoms with Crippen LogP contribution in [0.4, 0.5) is 5.82 Å². The van der Waals surface area contributed by atoms with E-state index in [0.717, 1.165) is 11.0 Å². The minimum absolute atomic E-state index is 0.00994. The maximum absolute atomic E-state index is 12.1. The largest absolute Gasteiger partial charge is 0.357 e. The number of hydrogen-bond donors (Lipinski definition) is 0. The Bertz CT molecular complexity index is 827. The lowest BCUT2D eigenvalue weighted by Crippen LogP contribution is -2.44. The van der Waals surface area contributed by atoms with Crippen LogP contribution in [0, 0.1) is 11.3 Å². The molecule has 7 heteroatoms. The van der Waals surface area contributed by atoms with E-state index < -0.39 is 11.2 Å². The van der Waals surface area contributed by atoms with Crippen LogP contribution in [-0.2, 0) is 20.5 Å². The number of nitrogens with zero attached hydrogens (tertiary/aromatic N) is 4. The normalized spacial score (nSPS) is 12.0. The Balaban J connectivity index is 2.50. The maximum Gasteiger partial charge on any atom is 0.332 e. The van der Waals surface area contributed by atoms with Gasteiger partial charge in [-0.05, 0) is 35.7 Å². The molecule has 1 unspecified atom stereocenters. The molecule has 0 bridgehead atoms. The SMILES string of the molecule is CC(Cc1ccsc1)N(C)c1c(C#N)c(=O)n(C)c(=O)n1C. The van der Waals surface area contributed by atoms with Crippen molar-refractivity contribution in [2.75, 3.05) is 11.9 Å². The summed E-state index contributed by atoms with van der Waals surface area (Å²) >= 11 is 1.63. The smallest absolute Gasteiger partial charge is 0.332 e. The number of anilines is 1. The Morgan fingerprint density at radius 3 is 2.59 bits per heavy atom. The fourth-order valence-electron chi connectivity index (χ4n) is 2.44. The van der Waals surface area contributed by atoms with E-state index in [-0.39, 0.29) is 11.6 Å². The first kappa shape index (κ1) is 16.0. The third-order valence-electron chi connectivity index (χ3n) is 3.85. The van der Waals surface area contributed by atoms with Crippen LogP contribution < -0.4 is 16.1 Å². The van der Waals surface area contributed by atoms with Gasteiger partial charge in [0.05, 0.1) is 0 Å². The Labute approximate surface area is 132 Å². The van der Waals surface area contributed by atoms with Gasteiger partial charge in [-0.2, -0.15) is 16.6 Å². The van der Waals surface area contributed by atoms with Gasteiger partial charge >= 0.3 is 5.69 Å². The van der Waals surface area contributed by atoms with Crippen LogP contribution in [0.1, 0.15) is 18.1 Å². The summed E-state index contributed by atoms with van der Waals surface area (Å²) in [5.74, 6) is 0.360. The van der Waals surface area contributed by atoms with E-state index in [4.69, 9.17) is 0 Å². The summed E-state index contributed by atoms with van der Waals surface area (Å²) in [6, 6.07) is 4.02. The molecule has 1 atom stereocenters. The second-order valence-electron chi connectivity index (χ2n) is 5.31. The first-order chi connectivity index (χ1) is 10.4. The van der Waals surface area contributed by atoms with Crippen molar-refractivity contribution < 1.29 is 0 Å². The summed E-state index contributed by atoms with van der Waals surface area (Å²) in [5, 5.41) is 13.4. The van der Waals surface area contributed by atoms with Crippen LogP contribution in [0.3, 0.4) is 0 Å². The summed E-state index contributed by atoms with van der Waals surface area (Å²) in [4.78, 5) is 26.1. The van der Waals surface area contributed by atoms with Gasteiger partial charge < -0.3 is 4.90 Å². The van der Waals surface area contributed by atoms with E-state index in [1.165, 1.54) is 17.2 Å². The van der Waals surface area contributed by atoms with Gasteiger partial charge in [0.1, 0.15) is 11.9 Å². The molecule has 116 valence electrons. The number of rotatable bonds is 4. The molecule has 22 heavy (non-hydrogen) atoms. The van der Waals surface area contributed by atoms with E-state index in [1.54, 1.807) is 25.4 Å². The molecule has 2 aromatic rings. The zero-order valence-corrected chi connectivity index (χ0v) is 13.8. The minimum Gasteiger partial charge on any atom is -0.357 e. The molecule has 0 N–H and O–H groups in total. The second-order valence-corrected chi connectivity index (χ2v) is 6.09. The molecule has 0 fully saturated rings. The standard InChI is InChI=1S/C15H18N4O2S/c1-10(7-11-5-6-22-9-11)17(2)13-12(8-16)14(20)19(4)15(21)18(13)3/h5-6,9-10H,7H2,1-4H3. The highest BCUT2D eigenvalue weighted by atomic mass is 32.1. The quantitative estimate of drug-likeness (QED) is 0.846. The molecule has 0 spiro atoms. The number of likely N-dealkylation sites (N-methyl/N-ethyl adjacent to an activating group) is 1. The van der Waals surface area contributed by atoms with E-state index in [0.29, 0.717) is 5.82 Å². The molecule has 2 aromatic heterocycles. The topological polar surface area (TPSA) is 71.0 Å². The third-order valence-corrected chi connectivity index (χ3v) is 4.58. The zero-order chi connectivity index (χ0) is 16.4. The van der Waals surface area contributed by atoms with E-state index in [2.05, 4.69) is 5.38 Å². The third kappa shape index (κ3) is 2.70. The molecule has 0 aliphatic rings. The van der Waals surface area contributed by atoms with Gasteiger partial charge in [-0.3, -0.25) is 13.9 Å². The highest BCUT2D eigenvalue weighted by molar-refractivity contribution is 7.07. The first-order valence-corrected chi connectivity index (χ1v) is 7.76. The fraction of sp³-hybridized carbons (Fsp3) is 0.400. The molecule has 2 heterocycles. The van der Waals surface area contributed by atoms with Crippen LogP contribution in [0.15, 0.2) is 26.4 Å². The van der Waals surface area contributed by atoms with E-state index in [1.807, 2.05) is 29.3 Å². The fourth-order valence-corrected chi connectivity index (χ4v) is 3.12. The number of nitriles is 1. The van der Waals surface area contributed by atoms with Crippen LogP contribution in [0.2, 0.25) is 0 Å². The van der Waals surface area contributed by atoms with Crippen molar-refractivity contribution in [3.05, 3.63) is 48.8 Å². The van der Waals surface area contributed by atoms with Crippen molar-refractivity contribution in [1.29, 1.82) is 5.26 Å². The minimum atomic E-state index is -0.560. The maximum atomic E-state index is 12.1. The molecular weight excluding hydrogens is 300 g/mol. The number of hydrogen-bond acceptors (Lipinski definition) is 5. The van der Waals surface area contributed by atoms with E-state index in [9.17, 15) is 14.9 Å². The Morgan fingerprint density at radius 2 is 2.05 bits per heavy atom. The predicted molar refractivity (Wildman–Crippen MR) is 87.5 cm³/mol. The molecule has 0 saturated heterocycles. The molecule has 0 aliphatic heterocycles. The average Bonchev–Trinajstić information content (AvgIpc) is 3.00. The van der Waals surface area contributed by atoms with Gasteiger partial charge in [0, 0.05) is 27.2 Å². The Kier molecular flexibility index (Phi) is 4.52. The van der Waals surface area contributed by atoms with Crippen molar-refractivity contribution in [3.63, 3.8) is 0 Å². The Hall–Kier alpha value is -2.33. The Morgan fingerprint density at radius 1 is 1.36 bits per heavy atom. The lowest BCUT2D eigenvalue weighted by atomic mass is 10.1. The average molecular weight is 318 g/mol. The highest BCUT2D eigenvalue weighted by Crippen LogP contribution is 2.19. The van der Waals surface area contributed by atoms with Gasteiger partial charge in [0.15, 0.2) is 5.56 Å². The van der Waals surface area contributed by atoms with Crippen molar-refractivity contribution in [3.8, 4) is 6.07 Å². The highest BCUT2D eigenvalue weighted by Gasteiger charge is 2.22. The summed E-state index contributed by atoms with van der Waals surface area (Å²) in [6.45, 7) is 2.00. The second kappa shape index (κ2) is 6.20. The molecule has 0 saturated carbocycles. The van der Waals surface area contributed by atoms with Gasteiger partial charge in [-0.1, -0.05) is 0 Å². The van der Waals surface area contributed by atoms with Crippen LogP contribution in [0.5, 0.6) is 0 Å². The van der Waals surface area contributed by atoms with Crippen molar-refractivity contribution in [2.45, 2.75) is 19.4 Å². The number of aromatic nitrogens is 2. The van der Waals surface area contributed by atoms with Crippen LogP contribution in [-0.4, -0.2) is 22.2 Å². The van der Waals surface area contributed by atoms with Gasteiger partial charge in [0.2, 0.25) is 0 Å². The van der Waals surface area contributed by atoms with Crippen LogP contribution in [0.25, 0.3) is 0 Å². The van der Waals surface area contributed by atoms with Gasteiger partial charge in [-0.15, -0.1) is 0 Å². The van der Waals surface area contributed by atoms with Crippen molar-refractivity contribution >= 4 is 17.2 Å². The molecule has 2 rings (SSSR count). The molecule has 0 aromatic carbocycles. The summed E-state index contributed by atoms with van der Waals surface area (Å²) in [7, 11) is 4.75. The van der Waals surface area contributed by atoms with Gasteiger partial charge in [0.25, 0.3) is 5.56 Å². The molecule has 6 nitrogen and oxygen atoms in total. The van der Waals surface area contributed by atoms with Crippen molar-refractivity contribution in [1.82, 2.24) is 9.13 Å². The van der Waals surface area contributed by atoms with Gasteiger partial charge in [-0.25, -0.2) is 4.79 Å². The summed E-state index contributed by atoms with van der Waals surface area (Å²) < 4.78 is 2.31. The zero-order valence-electron chi connectivity index (χ0n) is 13.0. The molecule has 0 aliphatic carbocycles. The first-order valence-electron chi connectivity index (χ1n) is 6.82. The lowest BCUT2D eigenvalue weighted by molar-refractivity contribution is 0.621. The molecule has 0 radical (unpaired) electrons. The lowest BCUT2D eigenvalue weighted by Gasteiger charge is -2.29. The summed E-state index contributed by atoms with van der Waals surface area (Å²) in [5.41, 5.74) is 0.185. The summed E-state index contributed by atoms with van der Waals surface area (Å²) in [6.07, 6.45) is 0.772. The number of thiophene rings is 1. The predicted octanol–water partition coefficient (Wildman–Crippen LogP) is 1.08. The van der Waals surface area contributed by atoms with E-state index >= 15 is 0 Å². The monoisotopic (exact) mass is 318 g/mol. The molecule has 0 amide bonds. The van der Waals surface area contributed by atoms with Crippen molar-refractivity contribution in [2.24, 2.45) is 14.1 Å². The molecular formula is C15H18N4O2S. The van der Waals surface area contributed by atoms with Crippen LogP contribution >= 0.6 is 11.3 Å².